The summed E-state index contributed by atoms with van der Waals surface area (Å²) in [5.74, 6) is 1.44. The number of carbonyl (C=O) groups excluding carboxylic acids is 1. The largest absolute Gasteiger partial charge is 0.497 e. The Hall–Kier alpha value is -3.93. The lowest BCUT2D eigenvalue weighted by Gasteiger charge is -2.04. The highest BCUT2D eigenvalue weighted by molar-refractivity contribution is 6.06. The molecule has 0 fully saturated rings. The van der Waals surface area contributed by atoms with E-state index in [0.717, 1.165) is 11.3 Å². The van der Waals surface area contributed by atoms with E-state index in [0.29, 0.717) is 28.5 Å². The number of oxazole rings is 1. The van der Waals surface area contributed by atoms with Crippen LogP contribution in [0.4, 0.5) is 0 Å². The molecule has 0 N–H and O–H groups in total. The molecule has 4 rings (SSSR count). The first-order valence-electron chi connectivity index (χ1n) is 8.95. The number of pyridine rings is 1. The number of rotatable bonds is 6. The van der Waals surface area contributed by atoms with Crippen LogP contribution >= 0.6 is 0 Å². The minimum atomic E-state index is -0.284. The first-order chi connectivity index (χ1) is 14.2. The highest BCUT2D eigenvalue weighted by atomic mass is 16.5. The standard InChI is InChI=1S/C23H18N2O4/c1-27-18-11-8-16(9-12-18)22-20(17-10-13-19(28-2)24-14-17)25-23(29-22)21(26)15-6-4-3-5-7-15/h3-14H,1-2H3. The van der Waals surface area contributed by atoms with Crippen LogP contribution in [-0.2, 0) is 0 Å². The van der Waals surface area contributed by atoms with Crippen molar-refractivity contribution in [2.24, 2.45) is 0 Å². The molecule has 0 amide bonds. The van der Waals surface area contributed by atoms with Crippen LogP contribution in [0.2, 0.25) is 0 Å². The number of methoxy groups -OCH3 is 2. The minimum Gasteiger partial charge on any atom is -0.497 e. The van der Waals surface area contributed by atoms with Crippen LogP contribution in [0.3, 0.4) is 0 Å². The van der Waals surface area contributed by atoms with E-state index in [1.807, 2.05) is 36.4 Å². The van der Waals surface area contributed by atoms with E-state index in [9.17, 15) is 4.79 Å². The van der Waals surface area contributed by atoms with E-state index in [4.69, 9.17) is 13.9 Å². The highest BCUT2D eigenvalue weighted by Crippen LogP contribution is 2.34. The van der Waals surface area contributed by atoms with E-state index in [-0.39, 0.29) is 11.7 Å². The van der Waals surface area contributed by atoms with Crippen molar-refractivity contribution in [3.63, 3.8) is 0 Å². The minimum absolute atomic E-state index is 0.0211. The molecule has 0 bridgehead atoms. The molecule has 0 radical (unpaired) electrons. The van der Waals surface area contributed by atoms with Gasteiger partial charge in [-0.15, -0.1) is 0 Å². The third kappa shape index (κ3) is 3.73. The Labute approximate surface area is 167 Å². The second-order valence-electron chi connectivity index (χ2n) is 6.21. The van der Waals surface area contributed by atoms with Gasteiger partial charge in [-0.3, -0.25) is 4.79 Å². The van der Waals surface area contributed by atoms with Gasteiger partial charge < -0.3 is 13.9 Å². The summed E-state index contributed by atoms with van der Waals surface area (Å²) in [6, 6.07) is 19.8. The van der Waals surface area contributed by atoms with Crippen molar-refractivity contribution < 1.29 is 18.7 Å². The SMILES string of the molecule is COc1ccc(-c2oc(C(=O)c3ccccc3)nc2-c2ccc(OC)nc2)cc1. The smallest absolute Gasteiger partial charge is 0.269 e. The number of nitrogens with zero attached hydrogens (tertiary/aromatic N) is 2. The molecule has 4 aromatic rings. The molecule has 2 aromatic carbocycles. The lowest BCUT2D eigenvalue weighted by atomic mass is 10.1. The van der Waals surface area contributed by atoms with E-state index in [1.54, 1.807) is 50.7 Å². The van der Waals surface area contributed by atoms with Gasteiger partial charge in [-0.05, 0) is 30.3 Å². The fraction of sp³-hybridized carbons (Fsp3) is 0.0870. The molecular formula is C23H18N2O4. The zero-order valence-corrected chi connectivity index (χ0v) is 16.0. The number of aromatic nitrogens is 2. The maximum absolute atomic E-state index is 12.9. The topological polar surface area (TPSA) is 74.5 Å². The molecule has 0 saturated carbocycles. The first kappa shape index (κ1) is 18.4. The molecule has 2 aromatic heterocycles. The van der Waals surface area contributed by atoms with Crippen molar-refractivity contribution in [3.05, 3.63) is 84.4 Å². The van der Waals surface area contributed by atoms with Crippen molar-refractivity contribution in [2.45, 2.75) is 0 Å². The first-order valence-corrected chi connectivity index (χ1v) is 8.95. The Morgan fingerprint density at radius 2 is 1.59 bits per heavy atom. The lowest BCUT2D eigenvalue weighted by molar-refractivity contribution is 0.100. The number of hydrogen-bond donors (Lipinski definition) is 0. The normalized spacial score (nSPS) is 10.6. The van der Waals surface area contributed by atoms with Crippen LogP contribution in [0.25, 0.3) is 22.6 Å². The maximum Gasteiger partial charge on any atom is 0.269 e. The molecule has 0 aliphatic carbocycles. The van der Waals surface area contributed by atoms with E-state index in [2.05, 4.69) is 9.97 Å². The van der Waals surface area contributed by atoms with E-state index >= 15 is 0 Å². The van der Waals surface area contributed by atoms with Gasteiger partial charge in [0.05, 0.1) is 14.2 Å². The monoisotopic (exact) mass is 386 g/mol. The van der Waals surface area contributed by atoms with Crippen LogP contribution < -0.4 is 9.47 Å². The number of ketones is 1. The van der Waals surface area contributed by atoms with Gasteiger partial charge in [0.2, 0.25) is 11.7 Å². The summed E-state index contributed by atoms with van der Waals surface area (Å²) >= 11 is 0. The summed E-state index contributed by atoms with van der Waals surface area (Å²) in [5, 5.41) is 0. The van der Waals surface area contributed by atoms with Crippen LogP contribution in [0, 0.1) is 0 Å². The predicted octanol–water partition coefficient (Wildman–Crippen LogP) is 4.65. The number of hydrogen-bond acceptors (Lipinski definition) is 6. The molecule has 6 heteroatoms. The maximum atomic E-state index is 12.9. The van der Waals surface area contributed by atoms with Crippen molar-refractivity contribution in [1.82, 2.24) is 9.97 Å². The zero-order valence-electron chi connectivity index (χ0n) is 16.0. The Bertz CT molecular complexity index is 1050. The Balaban J connectivity index is 1.82. The molecule has 0 aliphatic heterocycles. The second-order valence-corrected chi connectivity index (χ2v) is 6.21. The van der Waals surface area contributed by atoms with Gasteiger partial charge in [-0.1, -0.05) is 30.3 Å². The molecule has 0 saturated heterocycles. The average molecular weight is 386 g/mol. The molecule has 144 valence electrons. The molecule has 6 nitrogen and oxygen atoms in total. The quantitative estimate of drug-likeness (QED) is 0.449. The summed E-state index contributed by atoms with van der Waals surface area (Å²) in [4.78, 5) is 21.6. The van der Waals surface area contributed by atoms with E-state index in [1.165, 1.54) is 0 Å². The third-order valence-electron chi connectivity index (χ3n) is 4.43. The van der Waals surface area contributed by atoms with Gasteiger partial charge in [0, 0.05) is 29.0 Å². The summed E-state index contributed by atoms with van der Waals surface area (Å²) in [6.45, 7) is 0. The molecule has 0 spiro atoms. The van der Waals surface area contributed by atoms with Crippen molar-refractivity contribution >= 4 is 5.78 Å². The van der Waals surface area contributed by atoms with Crippen molar-refractivity contribution in [1.29, 1.82) is 0 Å². The number of benzene rings is 2. The van der Waals surface area contributed by atoms with Crippen LogP contribution in [0.1, 0.15) is 16.2 Å². The molecular weight excluding hydrogens is 368 g/mol. The van der Waals surface area contributed by atoms with E-state index < -0.39 is 0 Å². The number of ether oxygens (including phenoxy) is 2. The molecule has 2 heterocycles. The summed E-state index contributed by atoms with van der Waals surface area (Å²) in [5.41, 5.74) is 2.53. The zero-order chi connectivity index (χ0) is 20.2. The Morgan fingerprint density at radius 1 is 0.862 bits per heavy atom. The fourth-order valence-electron chi connectivity index (χ4n) is 2.91. The van der Waals surface area contributed by atoms with Crippen LogP contribution in [0.15, 0.2) is 77.3 Å². The Morgan fingerprint density at radius 3 is 2.21 bits per heavy atom. The number of carbonyl (C=O) groups is 1. The average Bonchev–Trinajstić information content (AvgIpc) is 3.24. The van der Waals surface area contributed by atoms with Gasteiger partial charge in [0.25, 0.3) is 5.89 Å². The van der Waals surface area contributed by atoms with Gasteiger partial charge >= 0.3 is 0 Å². The Kier molecular flexibility index (Phi) is 5.07. The van der Waals surface area contributed by atoms with Crippen LogP contribution in [-0.4, -0.2) is 30.0 Å². The van der Waals surface area contributed by atoms with Gasteiger partial charge in [0.1, 0.15) is 11.4 Å². The predicted molar refractivity (Wildman–Crippen MR) is 108 cm³/mol. The molecule has 0 unspecified atom stereocenters. The van der Waals surface area contributed by atoms with Crippen LogP contribution in [0.5, 0.6) is 11.6 Å². The lowest BCUT2D eigenvalue weighted by Crippen LogP contribution is -2.01. The summed E-state index contributed by atoms with van der Waals surface area (Å²) in [7, 11) is 3.16. The molecule has 0 aliphatic rings. The fourth-order valence-corrected chi connectivity index (χ4v) is 2.91. The molecule has 29 heavy (non-hydrogen) atoms. The van der Waals surface area contributed by atoms with Gasteiger partial charge in [-0.25, -0.2) is 9.97 Å². The summed E-state index contributed by atoms with van der Waals surface area (Å²) in [6.07, 6.45) is 1.64. The summed E-state index contributed by atoms with van der Waals surface area (Å²) < 4.78 is 16.3. The highest BCUT2D eigenvalue weighted by Gasteiger charge is 2.22. The van der Waals surface area contributed by atoms with Gasteiger partial charge in [-0.2, -0.15) is 0 Å². The van der Waals surface area contributed by atoms with Gasteiger partial charge in [0.15, 0.2) is 5.76 Å². The van der Waals surface area contributed by atoms with Crippen molar-refractivity contribution in [3.8, 4) is 34.2 Å². The second kappa shape index (κ2) is 7.98. The molecule has 0 atom stereocenters. The third-order valence-corrected chi connectivity index (χ3v) is 4.43. The van der Waals surface area contributed by atoms with Crippen molar-refractivity contribution in [2.75, 3.05) is 14.2 Å².